The molecule has 6 nitrogen and oxygen atoms in total. The van der Waals surface area contributed by atoms with Crippen LogP contribution in [0.5, 0.6) is 0 Å². The molecule has 0 fully saturated rings. The second-order valence-electron chi connectivity index (χ2n) is 7.02. The number of benzene rings is 2. The van der Waals surface area contributed by atoms with Crippen molar-refractivity contribution in [1.29, 1.82) is 0 Å². The summed E-state index contributed by atoms with van der Waals surface area (Å²) < 4.78 is 2.11. The quantitative estimate of drug-likeness (QED) is 0.491. The van der Waals surface area contributed by atoms with Gasteiger partial charge in [-0.2, -0.15) is 0 Å². The van der Waals surface area contributed by atoms with E-state index in [1.165, 1.54) is 5.56 Å². The topological polar surface area (TPSA) is 75.2 Å². The van der Waals surface area contributed by atoms with Crippen molar-refractivity contribution in [3.63, 3.8) is 0 Å². The molecule has 5 aromatic rings. The smallest absolute Gasteiger partial charge is 0.127 e. The van der Waals surface area contributed by atoms with Gasteiger partial charge in [0.25, 0.3) is 0 Å². The predicted octanol–water partition coefficient (Wildman–Crippen LogP) is 4.48. The van der Waals surface area contributed by atoms with E-state index in [-0.39, 0.29) is 0 Å². The first-order valence-corrected chi connectivity index (χ1v) is 9.25. The lowest BCUT2D eigenvalue weighted by molar-refractivity contribution is 0.763. The normalized spacial score (nSPS) is 11.4. The Morgan fingerprint density at radius 2 is 1.82 bits per heavy atom. The molecule has 0 aliphatic rings. The van der Waals surface area contributed by atoms with Gasteiger partial charge in [-0.05, 0) is 31.5 Å². The standard InChI is InChI=1S/C22H20N6/c1-14-8-9-17-18(10-14)27-19(26-17)11-28-13-25-21(16-6-4-3-5-7-16)22(28)20-15(2)23-12-24-20/h3-10,12-13H,11H2,1-2H3,(H,23,24)(H,26,27). The molecule has 138 valence electrons. The zero-order chi connectivity index (χ0) is 19.1. The van der Waals surface area contributed by atoms with Crippen LogP contribution in [0.25, 0.3) is 33.7 Å². The number of nitrogens with zero attached hydrogens (tertiary/aromatic N) is 4. The van der Waals surface area contributed by atoms with Gasteiger partial charge in [0.15, 0.2) is 0 Å². The minimum atomic E-state index is 0.592. The number of hydrogen-bond donors (Lipinski definition) is 2. The second-order valence-corrected chi connectivity index (χ2v) is 7.02. The molecule has 0 saturated carbocycles. The first-order valence-electron chi connectivity index (χ1n) is 9.25. The molecule has 0 aliphatic heterocycles. The Kier molecular flexibility index (Phi) is 3.83. The van der Waals surface area contributed by atoms with Gasteiger partial charge in [-0.1, -0.05) is 36.4 Å². The molecule has 0 unspecified atom stereocenters. The van der Waals surface area contributed by atoms with Crippen molar-refractivity contribution in [2.75, 3.05) is 0 Å². The van der Waals surface area contributed by atoms with Gasteiger partial charge in [-0.25, -0.2) is 15.0 Å². The highest BCUT2D eigenvalue weighted by molar-refractivity contribution is 5.78. The Hall–Kier alpha value is -3.67. The van der Waals surface area contributed by atoms with E-state index in [4.69, 9.17) is 9.97 Å². The van der Waals surface area contributed by atoms with E-state index < -0.39 is 0 Å². The molecule has 0 spiro atoms. The largest absolute Gasteiger partial charge is 0.348 e. The van der Waals surface area contributed by atoms with E-state index in [0.717, 1.165) is 45.2 Å². The van der Waals surface area contributed by atoms with E-state index in [1.807, 2.05) is 37.5 Å². The van der Waals surface area contributed by atoms with Crippen LogP contribution in [0, 0.1) is 13.8 Å². The van der Waals surface area contributed by atoms with Crippen LogP contribution in [-0.2, 0) is 6.54 Å². The Bertz CT molecular complexity index is 1260. The average molecular weight is 368 g/mol. The van der Waals surface area contributed by atoms with Gasteiger partial charge in [0.2, 0.25) is 0 Å². The zero-order valence-corrected chi connectivity index (χ0v) is 15.8. The van der Waals surface area contributed by atoms with Gasteiger partial charge < -0.3 is 14.5 Å². The van der Waals surface area contributed by atoms with Gasteiger partial charge in [0.1, 0.15) is 11.5 Å². The Balaban J connectivity index is 1.63. The van der Waals surface area contributed by atoms with Crippen molar-refractivity contribution >= 4 is 11.0 Å². The molecule has 2 N–H and O–H groups in total. The number of aryl methyl sites for hydroxylation is 2. The number of aromatic nitrogens is 6. The van der Waals surface area contributed by atoms with Crippen LogP contribution in [0.2, 0.25) is 0 Å². The number of fused-ring (bicyclic) bond motifs is 1. The molecule has 2 aromatic carbocycles. The van der Waals surface area contributed by atoms with Crippen LogP contribution in [0.1, 0.15) is 17.1 Å². The van der Waals surface area contributed by atoms with Gasteiger partial charge in [0, 0.05) is 11.3 Å². The molecule has 0 bridgehead atoms. The highest BCUT2D eigenvalue weighted by Crippen LogP contribution is 2.32. The maximum absolute atomic E-state index is 4.74. The summed E-state index contributed by atoms with van der Waals surface area (Å²) in [7, 11) is 0. The minimum absolute atomic E-state index is 0.592. The summed E-state index contributed by atoms with van der Waals surface area (Å²) >= 11 is 0. The molecule has 28 heavy (non-hydrogen) atoms. The van der Waals surface area contributed by atoms with Crippen molar-refractivity contribution in [3.05, 3.63) is 78.3 Å². The van der Waals surface area contributed by atoms with Crippen molar-refractivity contribution in [2.45, 2.75) is 20.4 Å². The fourth-order valence-corrected chi connectivity index (χ4v) is 3.57. The highest BCUT2D eigenvalue weighted by atomic mass is 15.1. The summed E-state index contributed by atoms with van der Waals surface area (Å²) in [6.07, 6.45) is 3.59. The summed E-state index contributed by atoms with van der Waals surface area (Å²) in [6.45, 7) is 4.70. The second kappa shape index (κ2) is 6.49. The van der Waals surface area contributed by atoms with Crippen LogP contribution in [-0.4, -0.2) is 29.5 Å². The number of hydrogen-bond acceptors (Lipinski definition) is 3. The summed E-state index contributed by atoms with van der Waals surface area (Å²) in [5, 5.41) is 0. The summed E-state index contributed by atoms with van der Waals surface area (Å²) in [6, 6.07) is 16.5. The summed E-state index contributed by atoms with van der Waals surface area (Å²) in [5.74, 6) is 0.895. The molecule has 0 radical (unpaired) electrons. The maximum atomic E-state index is 4.74. The van der Waals surface area contributed by atoms with Crippen molar-refractivity contribution in [1.82, 2.24) is 29.5 Å². The first-order chi connectivity index (χ1) is 13.7. The van der Waals surface area contributed by atoms with Gasteiger partial charge >= 0.3 is 0 Å². The average Bonchev–Trinajstić information content (AvgIpc) is 3.40. The number of imidazole rings is 3. The molecule has 3 aromatic heterocycles. The molecule has 0 aliphatic carbocycles. The molecule has 3 heterocycles. The lowest BCUT2D eigenvalue weighted by atomic mass is 10.1. The van der Waals surface area contributed by atoms with Crippen LogP contribution in [0.4, 0.5) is 0 Å². The molecule has 0 saturated heterocycles. The fourth-order valence-electron chi connectivity index (χ4n) is 3.57. The third-order valence-corrected chi connectivity index (χ3v) is 4.95. The highest BCUT2D eigenvalue weighted by Gasteiger charge is 2.19. The lowest BCUT2D eigenvalue weighted by Gasteiger charge is -2.08. The number of rotatable bonds is 4. The monoisotopic (exact) mass is 368 g/mol. The summed E-state index contributed by atoms with van der Waals surface area (Å²) in [4.78, 5) is 20.6. The van der Waals surface area contributed by atoms with Gasteiger partial charge in [0.05, 0.1) is 41.6 Å². The molecule has 0 atom stereocenters. The van der Waals surface area contributed by atoms with Crippen LogP contribution < -0.4 is 0 Å². The fraction of sp³-hybridized carbons (Fsp3) is 0.136. The molecular weight excluding hydrogens is 348 g/mol. The SMILES string of the molecule is Cc1ccc2nc(Cn3cnc(-c4ccccc4)c3-c3nc[nH]c3C)[nH]c2c1. The van der Waals surface area contributed by atoms with Crippen molar-refractivity contribution in [2.24, 2.45) is 0 Å². The van der Waals surface area contributed by atoms with E-state index in [2.05, 4.69) is 50.7 Å². The van der Waals surface area contributed by atoms with Gasteiger partial charge in [-0.3, -0.25) is 0 Å². The first kappa shape index (κ1) is 16.5. The van der Waals surface area contributed by atoms with Crippen molar-refractivity contribution < 1.29 is 0 Å². The number of H-pyrrole nitrogens is 2. The summed E-state index contributed by atoms with van der Waals surface area (Å²) in [5.41, 5.74) is 8.13. The Labute approximate surface area is 162 Å². The molecular formula is C22H20N6. The van der Waals surface area contributed by atoms with E-state index in [0.29, 0.717) is 6.54 Å². The molecule has 5 rings (SSSR count). The van der Waals surface area contributed by atoms with Crippen LogP contribution >= 0.6 is 0 Å². The number of aromatic amines is 2. The van der Waals surface area contributed by atoms with Crippen molar-refractivity contribution in [3.8, 4) is 22.6 Å². The molecule has 0 amide bonds. The van der Waals surface area contributed by atoms with E-state index in [9.17, 15) is 0 Å². The van der Waals surface area contributed by atoms with Gasteiger partial charge in [-0.15, -0.1) is 0 Å². The maximum Gasteiger partial charge on any atom is 0.127 e. The van der Waals surface area contributed by atoms with E-state index >= 15 is 0 Å². The Morgan fingerprint density at radius 1 is 0.964 bits per heavy atom. The Morgan fingerprint density at radius 3 is 2.61 bits per heavy atom. The third-order valence-electron chi connectivity index (χ3n) is 4.95. The van der Waals surface area contributed by atoms with Crippen LogP contribution in [0.15, 0.2) is 61.2 Å². The minimum Gasteiger partial charge on any atom is -0.348 e. The number of nitrogens with one attached hydrogen (secondary N) is 2. The lowest BCUT2D eigenvalue weighted by Crippen LogP contribution is -2.03. The zero-order valence-electron chi connectivity index (χ0n) is 15.8. The molecule has 6 heteroatoms. The van der Waals surface area contributed by atoms with Crippen LogP contribution in [0.3, 0.4) is 0 Å². The van der Waals surface area contributed by atoms with E-state index in [1.54, 1.807) is 6.33 Å². The predicted molar refractivity (Wildman–Crippen MR) is 110 cm³/mol. The third kappa shape index (κ3) is 2.79.